The van der Waals surface area contributed by atoms with Gasteiger partial charge in [-0.1, -0.05) is 23.4 Å². The Morgan fingerprint density at radius 3 is 3.16 bits per heavy atom. The maximum Gasteiger partial charge on any atom is 0.287 e. The lowest BCUT2D eigenvalue weighted by Crippen LogP contribution is -2.21. The van der Waals surface area contributed by atoms with E-state index in [4.69, 9.17) is 11.6 Å². The van der Waals surface area contributed by atoms with Gasteiger partial charge in [-0.05, 0) is 6.42 Å². The fourth-order valence-corrected chi connectivity index (χ4v) is 3.26. The molecule has 0 aliphatic rings. The van der Waals surface area contributed by atoms with Crippen molar-refractivity contribution in [3.8, 4) is 0 Å². The first-order valence-corrected chi connectivity index (χ1v) is 7.91. The van der Waals surface area contributed by atoms with Crippen LogP contribution in [0.15, 0.2) is 26.9 Å². The Hall–Kier alpha value is -1.05. The number of thiazole rings is 1. The van der Waals surface area contributed by atoms with Crippen molar-refractivity contribution in [3.05, 3.63) is 33.2 Å². The van der Waals surface area contributed by atoms with Crippen molar-refractivity contribution in [2.45, 2.75) is 10.8 Å². The van der Waals surface area contributed by atoms with E-state index in [1.165, 1.54) is 4.68 Å². The van der Waals surface area contributed by atoms with E-state index >= 15 is 0 Å². The van der Waals surface area contributed by atoms with Gasteiger partial charge >= 0.3 is 0 Å². The molecule has 2 heterocycles. The number of nitrogens with one attached hydrogen (secondary N) is 1. The molecule has 5 nitrogen and oxygen atoms in total. The van der Waals surface area contributed by atoms with Crippen LogP contribution < -0.4 is 10.9 Å². The molecule has 0 unspecified atom stereocenters. The second kappa shape index (κ2) is 6.93. The third-order valence-electron chi connectivity index (χ3n) is 2.35. The number of hydrogen-bond acceptors (Lipinski definition) is 6. The van der Waals surface area contributed by atoms with Crippen LogP contribution in [0, 0.1) is 0 Å². The SMILES string of the molecule is Cn1ncc(NCCCSc2nccs2)c(Cl)c1=O. The van der Waals surface area contributed by atoms with E-state index in [9.17, 15) is 4.79 Å². The first-order valence-electron chi connectivity index (χ1n) is 5.66. The van der Waals surface area contributed by atoms with Crippen molar-refractivity contribution in [2.75, 3.05) is 17.6 Å². The number of thioether (sulfide) groups is 1. The highest BCUT2D eigenvalue weighted by atomic mass is 35.5. The van der Waals surface area contributed by atoms with Gasteiger partial charge in [-0.3, -0.25) is 4.79 Å². The molecule has 2 aromatic rings. The molecule has 0 radical (unpaired) electrons. The number of aromatic nitrogens is 3. The summed E-state index contributed by atoms with van der Waals surface area (Å²) in [6, 6.07) is 0. The lowest BCUT2D eigenvalue weighted by atomic mass is 10.4. The molecule has 2 aromatic heterocycles. The Bertz CT molecular complexity index is 585. The number of nitrogens with zero attached hydrogens (tertiary/aromatic N) is 3. The quantitative estimate of drug-likeness (QED) is 0.655. The topological polar surface area (TPSA) is 59.8 Å². The fourth-order valence-electron chi connectivity index (χ4n) is 1.37. The Morgan fingerprint density at radius 2 is 2.42 bits per heavy atom. The molecule has 0 saturated heterocycles. The van der Waals surface area contributed by atoms with E-state index in [0.717, 1.165) is 23.1 Å². The third-order valence-corrected chi connectivity index (χ3v) is 4.77. The standard InChI is InChI=1S/C11H13ClN4OS2/c1-16-10(17)9(12)8(7-15-16)13-3-2-5-18-11-14-4-6-19-11/h4,6-7,13H,2-3,5H2,1H3. The number of anilines is 1. The largest absolute Gasteiger partial charge is 0.382 e. The van der Waals surface area contributed by atoms with E-state index in [1.54, 1.807) is 42.5 Å². The van der Waals surface area contributed by atoms with E-state index in [2.05, 4.69) is 15.4 Å². The van der Waals surface area contributed by atoms with E-state index in [0.29, 0.717) is 5.69 Å². The third kappa shape index (κ3) is 3.95. The second-order valence-electron chi connectivity index (χ2n) is 3.73. The lowest BCUT2D eigenvalue weighted by molar-refractivity contribution is 0.708. The van der Waals surface area contributed by atoms with Crippen LogP contribution in [0.5, 0.6) is 0 Å². The molecule has 0 bridgehead atoms. The van der Waals surface area contributed by atoms with Gasteiger partial charge in [0, 0.05) is 30.9 Å². The molecular weight excluding hydrogens is 304 g/mol. The maximum absolute atomic E-state index is 11.6. The molecule has 102 valence electrons. The van der Waals surface area contributed by atoms with Gasteiger partial charge in [0.25, 0.3) is 5.56 Å². The molecule has 0 amide bonds. The predicted molar refractivity (Wildman–Crippen MR) is 80.4 cm³/mol. The number of hydrogen-bond donors (Lipinski definition) is 1. The van der Waals surface area contributed by atoms with Crippen molar-refractivity contribution in [3.63, 3.8) is 0 Å². The molecule has 2 rings (SSSR count). The van der Waals surface area contributed by atoms with Crippen LogP contribution in [0.2, 0.25) is 5.02 Å². The van der Waals surface area contributed by atoms with Crippen LogP contribution >= 0.6 is 34.7 Å². The average molecular weight is 317 g/mol. The minimum absolute atomic E-state index is 0.185. The minimum Gasteiger partial charge on any atom is -0.382 e. The van der Waals surface area contributed by atoms with Crippen LogP contribution in [-0.4, -0.2) is 27.1 Å². The van der Waals surface area contributed by atoms with Crippen molar-refractivity contribution in [1.82, 2.24) is 14.8 Å². The average Bonchev–Trinajstić information content (AvgIpc) is 2.91. The van der Waals surface area contributed by atoms with Crippen LogP contribution in [0.3, 0.4) is 0 Å². The molecule has 19 heavy (non-hydrogen) atoms. The van der Waals surface area contributed by atoms with Crippen molar-refractivity contribution >= 4 is 40.4 Å². The molecule has 8 heteroatoms. The van der Waals surface area contributed by atoms with Crippen molar-refractivity contribution < 1.29 is 0 Å². The minimum atomic E-state index is -0.288. The molecule has 0 saturated carbocycles. The summed E-state index contributed by atoms with van der Waals surface area (Å²) in [5.41, 5.74) is 0.299. The van der Waals surface area contributed by atoms with E-state index in [-0.39, 0.29) is 10.6 Å². The summed E-state index contributed by atoms with van der Waals surface area (Å²) >= 11 is 9.31. The van der Waals surface area contributed by atoms with Gasteiger partial charge in [0.05, 0.1) is 11.9 Å². The number of aryl methyl sites for hydroxylation is 1. The zero-order chi connectivity index (χ0) is 13.7. The monoisotopic (exact) mass is 316 g/mol. The van der Waals surface area contributed by atoms with Crippen LogP contribution in [0.1, 0.15) is 6.42 Å². The normalized spacial score (nSPS) is 10.6. The first kappa shape index (κ1) is 14.4. The van der Waals surface area contributed by atoms with Crippen LogP contribution in [0.4, 0.5) is 5.69 Å². The smallest absolute Gasteiger partial charge is 0.287 e. The zero-order valence-corrected chi connectivity index (χ0v) is 12.7. The van der Waals surface area contributed by atoms with Crippen molar-refractivity contribution in [1.29, 1.82) is 0 Å². The summed E-state index contributed by atoms with van der Waals surface area (Å²) in [5.74, 6) is 0.969. The van der Waals surface area contributed by atoms with E-state index < -0.39 is 0 Å². The van der Waals surface area contributed by atoms with Gasteiger partial charge in [-0.25, -0.2) is 9.67 Å². The summed E-state index contributed by atoms with van der Waals surface area (Å²) in [6.45, 7) is 0.743. The summed E-state index contributed by atoms with van der Waals surface area (Å²) < 4.78 is 2.29. The highest BCUT2D eigenvalue weighted by molar-refractivity contribution is 8.00. The zero-order valence-electron chi connectivity index (χ0n) is 10.3. The van der Waals surface area contributed by atoms with Gasteiger partial charge in [0.15, 0.2) is 0 Å². The number of halogens is 1. The van der Waals surface area contributed by atoms with Crippen LogP contribution in [0.25, 0.3) is 0 Å². The summed E-state index contributed by atoms with van der Waals surface area (Å²) in [7, 11) is 1.57. The summed E-state index contributed by atoms with van der Waals surface area (Å²) in [4.78, 5) is 15.7. The Labute approximate surface area is 124 Å². The molecule has 1 N–H and O–H groups in total. The second-order valence-corrected chi connectivity index (χ2v) is 6.34. The highest BCUT2D eigenvalue weighted by Gasteiger charge is 2.06. The predicted octanol–water partition coefficient (Wildman–Crippen LogP) is 2.48. The Morgan fingerprint density at radius 1 is 1.58 bits per heavy atom. The molecule has 0 aromatic carbocycles. The molecule has 0 aliphatic heterocycles. The Balaban J connectivity index is 1.77. The maximum atomic E-state index is 11.6. The lowest BCUT2D eigenvalue weighted by Gasteiger charge is -2.07. The summed E-state index contributed by atoms with van der Waals surface area (Å²) in [6.07, 6.45) is 4.32. The molecule has 0 aliphatic carbocycles. The van der Waals surface area contributed by atoms with Gasteiger partial charge in [0.1, 0.15) is 9.36 Å². The van der Waals surface area contributed by atoms with Gasteiger partial charge in [-0.2, -0.15) is 5.10 Å². The molecule has 0 atom stereocenters. The highest BCUT2D eigenvalue weighted by Crippen LogP contribution is 2.21. The molecule has 0 fully saturated rings. The first-order chi connectivity index (χ1) is 9.18. The van der Waals surface area contributed by atoms with Gasteiger partial charge in [0.2, 0.25) is 0 Å². The van der Waals surface area contributed by atoms with Crippen LogP contribution in [-0.2, 0) is 7.05 Å². The van der Waals surface area contributed by atoms with Gasteiger partial charge in [-0.15, -0.1) is 11.3 Å². The van der Waals surface area contributed by atoms with Crippen molar-refractivity contribution in [2.24, 2.45) is 7.05 Å². The van der Waals surface area contributed by atoms with Gasteiger partial charge < -0.3 is 5.32 Å². The molecule has 0 spiro atoms. The Kier molecular flexibility index (Phi) is 5.24. The fraction of sp³-hybridized carbons (Fsp3) is 0.364. The summed E-state index contributed by atoms with van der Waals surface area (Å²) in [5, 5.41) is 9.19. The number of rotatable bonds is 6. The van der Waals surface area contributed by atoms with E-state index in [1.807, 2.05) is 5.38 Å². The molecular formula is C11H13ClN4OS2.